The maximum absolute atomic E-state index is 12.8. The molecule has 3 rings (SSSR count). The predicted molar refractivity (Wildman–Crippen MR) is 126 cm³/mol. The van der Waals surface area contributed by atoms with E-state index in [1.807, 2.05) is 43.5 Å². The van der Waals surface area contributed by atoms with Crippen molar-refractivity contribution < 1.29 is 13.2 Å². The van der Waals surface area contributed by atoms with Gasteiger partial charge in [0.15, 0.2) is 0 Å². The first-order chi connectivity index (χ1) is 14.6. The molecule has 1 amide bonds. The summed E-state index contributed by atoms with van der Waals surface area (Å²) < 4.78 is 25.9. The molecule has 0 bridgehead atoms. The minimum atomic E-state index is -3.59. The van der Waals surface area contributed by atoms with Crippen molar-refractivity contribution in [1.82, 2.24) is 9.29 Å². The average Bonchev–Trinajstić information content (AvgIpc) is 3.16. The number of aromatic nitrogens is 1. The van der Waals surface area contributed by atoms with Crippen LogP contribution in [-0.4, -0.2) is 43.8 Å². The second-order valence-corrected chi connectivity index (χ2v) is 10.7. The standard InChI is InChI=1S/C22H26N4O3S2/c1-14-9-10-19(31(28,29)26(4)5)12-20(14)25-22(27)15(2)23-18-8-6-7-17(11-18)21-13-30-16(3)24-21/h6-13,15,23H,1-5H3,(H,25,27). The van der Waals surface area contributed by atoms with Gasteiger partial charge in [0.1, 0.15) is 6.04 Å². The minimum absolute atomic E-state index is 0.130. The number of nitrogens with zero attached hydrogens (tertiary/aromatic N) is 2. The van der Waals surface area contributed by atoms with E-state index in [9.17, 15) is 13.2 Å². The Labute approximate surface area is 187 Å². The zero-order chi connectivity index (χ0) is 22.8. The molecule has 1 heterocycles. The quantitative estimate of drug-likeness (QED) is 0.556. The molecule has 31 heavy (non-hydrogen) atoms. The number of carbonyl (C=O) groups is 1. The van der Waals surface area contributed by atoms with Gasteiger partial charge in [-0.15, -0.1) is 11.3 Å². The van der Waals surface area contributed by atoms with Crippen molar-refractivity contribution in [2.24, 2.45) is 0 Å². The van der Waals surface area contributed by atoms with E-state index >= 15 is 0 Å². The van der Waals surface area contributed by atoms with Crippen molar-refractivity contribution in [3.8, 4) is 11.3 Å². The molecule has 0 fully saturated rings. The number of anilines is 2. The number of thiazole rings is 1. The van der Waals surface area contributed by atoms with Crippen LogP contribution in [0.4, 0.5) is 11.4 Å². The number of carbonyl (C=O) groups excluding carboxylic acids is 1. The van der Waals surface area contributed by atoms with E-state index < -0.39 is 16.1 Å². The summed E-state index contributed by atoms with van der Waals surface area (Å²) in [5.41, 5.74) is 3.91. The Morgan fingerprint density at radius 1 is 1.13 bits per heavy atom. The number of rotatable bonds is 7. The second-order valence-electron chi connectivity index (χ2n) is 7.45. The number of aryl methyl sites for hydroxylation is 2. The van der Waals surface area contributed by atoms with Crippen LogP contribution < -0.4 is 10.6 Å². The largest absolute Gasteiger partial charge is 0.374 e. The summed E-state index contributed by atoms with van der Waals surface area (Å²) >= 11 is 1.59. The van der Waals surface area contributed by atoms with E-state index in [0.717, 1.165) is 31.8 Å². The molecule has 0 saturated heterocycles. The fourth-order valence-electron chi connectivity index (χ4n) is 2.93. The Kier molecular flexibility index (Phi) is 6.78. The zero-order valence-corrected chi connectivity index (χ0v) is 19.8. The summed E-state index contributed by atoms with van der Waals surface area (Å²) in [5.74, 6) is -0.266. The normalized spacial score (nSPS) is 12.6. The van der Waals surface area contributed by atoms with Gasteiger partial charge in [-0.2, -0.15) is 0 Å². The minimum Gasteiger partial charge on any atom is -0.374 e. The maximum atomic E-state index is 12.8. The molecule has 0 radical (unpaired) electrons. The lowest BCUT2D eigenvalue weighted by molar-refractivity contribution is -0.116. The van der Waals surface area contributed by atoms with Crippen molar-refractivity contribution in [3.63, 3.8) is 0 Å². The highest BCUT2D eigenvalue weighted by molar-refractivity contribution is 7.89. The molecule has 1 atom stereocenters. The van der Waals surface area contributed by atoms with Crippen LogP contribution in [0.1, 0.15) is 17.5 Å². The molecule has 1 aromatic heterocycles. The number of amides is 1. The summed E-state index contributed by atoms with van der Waals surface area (Å²) in [5, 5.41) is 9.03. The summed E-state index contributed by atoms with van der Waals surface area (Å²) in [7, 11) is -0.643. The van der Waals surface area contributed by atoms with Gasteiger partial charge in [-0.3, -0.25) is 4.79 Å². The van der Waals surface area contributed by atoms with Gasteiger partial charge >= 0.3 is 0 Å². The number of sulfonamides is 1. The van der Waals surface area contributed by atoms with E-state index in [1.54, 1.807) is 24.3 Å². The van der Waals surface area contributed by atoms with E-state index in [0.29, 0.717) is 5.69 Å². The fourth-order valence-corrected chi connectivity index (χ4v) is 4.48. The van der Waals surface area contributed by atoms with Crippen LogP contribution in [-0.2, 0) is 14.8 Å². The first-order valence-electron chi connectivity index (χ1n) is 9.71. The predicted octanol–water partition coefficient (Wildman–Crippen LogP) is 4.12. The Hall–Kier alpha value is -2.75. The Morgan fingerprint density at radius 2 is 1.87 bits per heavy atom. The number of nitrogens with one attached hydrogen (secondary N) is 2. The highest BCUT2D eigenvalue weighted by atomic mass is 32.2. The molecule has 1 unspecified atom stereocenters. The Balaban J connectivity index is 1.74. The zero-order valence-electron chi connectivity index (χ0n) is 18.1. The van der Waals surface area contributed by atoms with Crippen LogP contribution in [0, 0.1) is 13.8 Å². The van der Waals surface area contributed by atoms with Gasteiger partial charge in [-0.1, -0.05) is 18.2 Å². The fraction of sp³-hybridized carbons (Fsp3) is 0.273. The summed E-state index contributed by atoms with van der Waals surface area (Å²) in [4.78, 5) is 17.4. The lowest BCUT2D eigenvalue weighted by Gasteiger charge is -2.18. The van der Waals surface area contributed by atoms with Gasteiger partial charge < -0.3 is 10.6 Å². The van der Waals surface area contributed by atoms with E-state index in [1.165, 1.54) is 26.2 Å². The van der Waals surface area contributed by atoms with Crippen molar-refractivity contribution >= 4 is 38.6 Å². The van der Waals surface area contributed by atoms with Crippen molar-refractivity contribution in [2.75, 3.05) is 24.7 Å². The third-order valence-corrected chi connectivity index (χ3v) is 7.38. The molecule has 0 aliphatic carbocycles. The summed E-state index contributed by atoms with van der Waals surface area (Å²) in [6, 6.07) is 11.9. The van der Waals surface area contributed by atoms with Crippen LogP contribution in [0.5, 0.6) is 0 Å². The van der Waals surface area contributed by atoms with E-state index in [-0.39, 0.29) is 10.8 Å². The molecule has 0 aliphatic heterocycles. The van der Waals surface area contributed by atoms with Gasteiger partial charge in [0.05, 0.1) is 15.6 Å². The molecule has 2 N–H and O–H groups in total. The molecule has 0 spiro atoms. The van der Waals surface area contributed by atoms with Gasteiger partial charge in [0.25, 0.3) is 0 Å². The van der Waals surface area contributed by atoms with Crippen LogP contribution in [0.3, 0.4) is 0 Å². The van der Waals surface area contributed by atoms with Crippen LogP contribution in [0.15, 0.2) is 52.7 Å². The second kappa shape index (κ2) is 9.17. The molecule has 0 aliphatic rings. The molecule has 0 saturated carbocycles. The van der Waals surface area contributed by atoms with Gasteiger partial charge in [-0.05, 0) is 50.6 Å². The molecular formula is C22H26N4O3S2. The van der Waals surface area contributed by atoms with Crippen LogP contribution >= 0.6 is 11.3 Å². The maximum Gasteiger partial charge on any atom is 0.246 e. The van der Waals surface area contributed by atoms with E-state index in [4.69, 9.17) is 0 Å². The molecule has 164 valence electrons. The topological polar surface area (TPSA) is 91.4 Å². The first-order valence-corrected chi connectivity index (χ1v) is 12.0. The number of hydrogen-bond acceptors (Lipinski definition) is 6. The van der Waals surface area contributed by atoms with Crippen molar-refractivity contribution in [3.05, 3.63) is 58.4 Å². The molecule has 3 aromatic rings. The Bertz CT molecular complexity index is 1200. The monoisotopic (exact) mass is 458 g/mol. The SMILES string of the molecule is Cc1nc(-c2cccc(NC(C)C(=O)Nc3cc(S(=O)(=O)N(C)C)ccc3C)c2)cs1. The first kappa shape index (κ1) is 22.9. The summed E-state index contributed by atoms with van der Waals surface area (Å²) in [6.45, 7) is 5.53. The third-order valence-electron chi connectivity index (χ3n) is 4.80. The number of hydrogen-bond donors (Lipinski definition) is 2. The van der Waals surface area contributed by atoms with Crippen LogP contribution in [0.2, 0.25) is 0 Å². The van der Waals surface area contributed by atoms with Crippen molar-refractivity contribution in [1.29, 1.82) is 0 Å². The molecule has 9 heteroatoms. The van der Waals surface area contributed by atoms with Gasteiger partial charge in [0.2, 0.25) is 15.9 Å². The molecular weight excluding hydrogens is 432 g/mol. The third kappa shape index (κ3) is 5.30. The van der Waals surface area contributed by atoms with E-state index in [2.05, 4.69) is 15.6 Å². The molecule has 7 nitrogen and oxygen atoms in total. The summed E-state index contributed by atoms with van der Waals surface area (Å²) in [6.07, 6.45) is 0. The van der Waals surface area contributed by atoms with Crippen LogP contribution in [0.25, 0.3) is 11.3 Å². The number of benzene rings is 2. The average molecular weight is 459 g/mol. The Morgan fingerprint density at radius 3 is 2.52 bits per heavy atom. The lowest BCUT2D eigenvalue weighted by atomic mass is 10.1. The van der Waals surface area contributed by atoms with Crippen molar-refractivity contribution in [2.45, 2.75) is 31.7 Å². The highest BCUT2D eigenvalue weighted by Crippen LogP contribution is 2.25. The smallest absolute Gasteiger partial charge is 0.246 e. The van der Waals surface area contributed by atoms with Gasteiger partial charge in [0, 0.05) is 36.4 Å². The van der Waals surface area contributed by atoms with Gasteiger partial charge in [-0.25, -0.2) is 17.7 Å². The lowest BCUT2D eigenvalue weighted by Crippen LogP contribution is -2.32. The molecule has 2 aromatic carbocycles. The highest BCUT2D eigenvalue weighted by Gasteiger charge is 2.20.